The van der Waals surface area contributed by atoms with Crippen molar-refractivity contribution in [1.82, 2.24) is 14.1 Å². The molecule has 4 nitrogen and oxygen atoms in total. The molecule has 0 saturated heterocycles. The van der Waals surface area contributed by atoms with E-state index in [0.29, 0.717) is 5.92 Å². The van der Waals surface area contributed by atoms with Gasteiger partial charge in [-0.15, -0.1) is 0 Å². The van der Waals surface area contributed by atoms with Crippen molar-refractivity contribution in [3.63, 3.8) is 0 Å². The lowest BCUT2D eigenvalue weighted by molar-refractivity contribution is 0.583. The lowest BCUT2D eigenvalue weighted by Crippen LogP contribution is -2.23. The summed E-state index contributed by atoms with van der Waals surface area (Å²) in [5.41, 5.74) is 2.71. The molecule has 2 aromatic heterocycles. The topological polar surface area (TPSA) is 39.8 Å². The number of hydrogen-bond acceptors (Lipinski definition) is 2. The third-order valence-electron chi connectivity index (χ3n) is 3.05. The van der Waals surface area contributed by atoms with E-state index < -0.39 is 0 Å². The van der Waals surface area contributed by atoms with E-state index in [1.54, 1.807) is 16.2 Å². The maximum Gasteiger partial charge on any atom is 0.330 e. The summed E-state index contributed by atoms with van der Waals surface area (Å²) in [6, 6.07) is 4.16. The van der Waals surface area contributed by atoms with E-state index in [1.165, 1.54) is 0 Å². The van der Waals surface area contributed by atoms with Gasteiger partial charge in [-0.2, -0.15) is 0 Å². The lowest BCUT2D eigenvalue weighted by Gasteiger charge is -2.07. The van der Waals surface area contributed by atoms with E-state index in [-0.39, 0.29) is 11.7 Å². The standard InChI is InChI=1S/C13H19N3O/c1-8(2)10-6-7-11-12(14-10)15(5)13(17)16(11)9(3)4/h6-9H,1-5H3. The first-order chi connectivity index (χ1) is 7.93. The second kappa shape index (κ2) is 4.02. The molecule has 2 heterocycles. The molecule has 0 spiro atoms. The van der Waals surface area contributed by atoms with Crippen molar-refractivity contribution < 1.29 is 0 Å². The van der Waals surface area contributed by atoms with Crippen LogP contribution in [0.15, 0.2) is 16.9 Å². The van der Waals surface area contributed by atoms with Gasteiger partial charge in [0.05, 0.1) is 5.52 Å². The molecule has 0 amide bonds. The highest BCUT2D eigenvalue weighted by atomic mass is 16.1. The van der Waals surface area contributed by atoms with Crippen LogP contribution >= 0.6 is 0 Å². The fraction of sp³-hybridized carbons (Fsp3) is 0.538. The second-order valence-corrected chi connectivity index (χ2v) is 5.04. The van der Waals surface area contributed by atoms with E-state index in [4.69, 9.17) is 0 Å². The zero-order valence-corrected chi connectivity index (χ0v) is 11.1. The summed E-state index contributed by atoms with van der Waals surface area (Å²) in [5.74, 6) is 0.372. The molecule has 0 aliphatic carbocycles. The molecule has 17 heavy (non-hydrogen) atoms. The van der Waals surface area contributed by atoms with Gasteiger partial charge in [-0.1, -0.05) is 13.8 Å². The Labute approximate surface area is 101 Å². The van der Waals surface area contributed by atoms with E-state index in [2.05, 4.69) is 18.8 Å². The highest BCUT2D eigenvalue weighted by Gasteiger charge is 2.15. The third kappa shape index (κ3) is 1.77. The van der Waals surface area contributed by atoms with Gasteiger partial charge in [-0.25, -0.2) is 9.78 Å². The molecule has 0 saturated carbocycles. The molecule has 0 radical (unpaired) electrons. The van der Waals surface area contributed by atoms with Gasteiger partial charge in [0.1, 0.15) is 0 Å². The molecular weight excluding hydrogens is 214 g/mol. The molecule has 0 atom stereocenters. The van der Waals surface area contributed by atoms with Crippen LogP contribution in [-0.4, -0.2) is 14.1 Å². The van der Waals surface area contributed by atoms with Gasteiger partial charge < -0.3 is 0 Å². The summed E-state index contributed by atoms with van der Waals surface area (Å²) in [4.78, 5) is 16.7. The van der Waals surface area contributed by atoms with Crippen LogP contribution in [0.1, 0.15) is 45.3 Å². The van der Waals surface area contributed by atoms with Crippen molar-refractivity contribution >= 4 is 11.2 Å². The number of pyridine rings is 1. The Morgan fingerprint density at radius 1 is 1.18 bits per heavy atom. The van der Waals surface area contributed by atoms with Gasteiger partial charge in [-0.05, 0) is 31.9 Å². The highest BCUT2D eigenvalue weighted by molar-refractivity contribution is 5.72. The lowest BCUT2D eigenvalue weighted by atomic mass is 10.1. The number of hydrogen-bond donors (Lipinski definition) is 0. The number of imidazole rings is 1. The van der Waals surface area contributed by atoms with Crippen molar-refractivity contribution in [2.75, 3.05) is 0 Å². The third-order valence-corrected chi connectivity index (χ3v) is 3.05. The predicted octanol–water partition coefficient (Wildman–Crippen LogP) is 2.44. The molecule has 0 bridgehead atoms. The maximum absolute atomic E-state index is 12.1. The van der Waals surface area contributed by atoms with Gasteiger partial charge in [0.25, 0.3) is 0 Å². The maximum atomic E-state index is 12.1. The Hall–Kier alpha value is -1.58. The predicted molar refractivity (Wildman–Crippen MR) is 69.4 cm³/mol. The Morgan fingerprint density at radius 3 is 2.35 bits per heavy atom. The average Bonchev–Trinajstić information content (AvgIpc) is 2.51. The number of aromatic nitrogens is 3. The second-order valence-electron chi connectivity index (χ2n) is 5.04. The van der Waals surface area contributed by atoms with Crippen molar-refractivity contribution in [1.29, 1.82) is 0 Å². The van der Waals surface area contributed by atoms with Crippen LogP contribution in [0.3, 0.4) is 0 Å². The number of nitrogens with zero attached hydrogens (tertiary/aromatic N) is 3. The molecule has 0 aromatic carbocycles. The van der Waals surface area contributed by atoms with Gasteiger partial charge >= 0.3 is 5.69 Å². The van der Waals surface area contributed by atoms with Crippen molar-refractivity contribution in [2.45, 2.75) is 39.7 Å². The quantitative estimate of drug-likeness (QED) is 0.799. The van der Waals surface area contributed by atoms with Crippen LogP contribution in [0.5, 0.6) is 0 Å². The monoisotopic (exact) mass is 233 g/mol. The first kappa shape index (κ1) is 11.9. The zero-order chi connectivity index (χ0) is 12.7. The Bertz CT molecular complexity index is 605. The molecule has 2 rings (SSSR count). The highest BCUT2D eigenvalue weighted by Crippen LogP contribution is 2.18. The van der Waals surface area contributed by atoms with Crippen LogP contribution in [0.4, 0.5) is 0 Å². The summed E-state index contributed by atoms with van der Waals surface area (Å²) >= 11 is 0. The summed E-state index contributed by atoms with van der Waals surface area (Å²) in [7, 11) is 1.78. The first-order valence-corrected chi connectivity index (χ1v) is 6.01. The van der Waals surface area contributed by atoms with Crippen LogP contribution in [-0.2, 0) is 7.05 Å². The molecule has 2 aromatic rings. The summed E-state index contributed by atoms with van der Waals surface area (Å²) in [6.45, 7) is 8.23. The van der Waals surface area contributed by atoms with E-state index in [9.17, 15) is 4.79 Å². The van der Waals surface area contributed by atoms with Gasteiger partial charge in [-0.3, -0.25) is 9.13 Å². The molecule has 0 aliphatic rings. The largest absolute Gasteiger partial charge is 0.330 e. The molecule has 4 heteroatoms. The number of fused-ring (bicyclic) bond motifs is 1. The smallest absolute Gasteiger partial charge is 0.288 e. The molecule has 0 fully saturated rings. The summed E-state index contributed by atoms with van der Waals surface area (Å²) in [5, 5.41) is 0. The molecule has 92 valence electrons. The molecular formula is C13H19N3O. The van der Waals surface area contributed by atoms with Crippen LogP contribution in [0.2, 0.25) is 0 Å². The fourth-order valence-corrected chi connectivity index (χ4v) is 2.07. The van der Waals surface area contributed by atoms with E-state index in [0.717, 1.165) is 16.9 Å². The fourth-order valence-electron chi connectivity index (χ4n) is 2.07. The molecule has 0 N–H and O–H groups in total. The van der Waals surface area contributed by atoms with E-state index in [1.807, 2.05) is 26.0 Å². The number of rotatable bonds is 2. The van der Waals surface area contributed by atoms with Gasteiger partial charge in [0, 0.05) is 18.8 Å². The van der Waals surface area contributed by atoms with Gasteiger partial charge in [0.15, 0.2) is 5.65 Å². The summed E-state index contributed by atoms with van der Waals surface area (Å²) in [6.07, 6.45) is 0. The first-order valence-electron chi connectivity index (χ1n) is 6.01. The van der Waals surface area contributed by atoms with Crippen molar-refractivity contribution in [2.24, 2.45) is 7.05 Å². The number of aryl methyl sites for hydroxylation is 1. The van der Waals surface area contributed by atoms with Crippen molar-refractivity contribution in [3.05, 3.63) is 28.3 Å². The minimum Gasteiger partial charge on any atom is -0.288 e. The Balaban J connectivity index is 2.81. The minimum atomic E-state index is 0.00315. The minimum absolute atomic E-state index is 0.00315. The molecule has 0 unspecified atom stereocenters. The van der Waals surface area contributed by atoms with Gasteiger partial charge in [0.2, 0.25) is 0 Å². The Morgan fingerprint density at radius 2 is 1.82 bits per heavy atom. The average molecular weight is 233 g/mol. The van der Waals surface area contributed by atoms with Crippen LogP contribution < -0.4 is 5.69 Å². The van der Waals surface area contributed by atoms with E-state index >= 15 is 0 Å². The van der Waals surface area contributed by atoms with Crippen molar-refractivity contribution in [3.8, 4) is 0 Å². The normalized spacial score (nSPS) is 11.9. The summed E-state index contributed by atoms with van der Waals surface area (Å²) < 4.78 is 3.41. The van der Waals surface area contributed by atoms with Crippen LogP contribution in [0, 0.1) is 0 Å². The Kier molecular flexibility index (Phi) is 2.81. The zero-order valence-electron chi connectivity index (χ0n) is 11.1. The van der Waals surface area contributed by atoms with Crippen LogP contribution in [0.25, 0.3) is 11.2 Å². The SMILES string of the molecule is CC(C)c1ccc2c(n1)n(C)c(=O)n2C(C)C. The molecule has 0 aliphatic heterocycles.